The van der Waals surface area contributed by atoms with Gasteiger partial charge in [0.15, 0.2) is 0 Å². The van der Waals surface area contributed by atoms with Gasteiger partial charge in [0, 0.05) is 10.0 Å². The van der Waals surface area contributed by atoms with E-state index in [9.17, 15) is 4.57 Å². The Morgan fingerprint density at radius 3 is 2.11 bits per heavy atom. The van der Waals surface area contributed by atoms with Crippen molar-refractivity contribution in [1.82, 2.24) is 0 Å². The molecule has 0 aliphatic rings. The summed E-state index contributed by atoms with van der Waals surface area (Å²) in [5, 5.41) is 0. The van der Waals surface area contributed by atoms with Gasteiger partial charge in [-0.25, -0.2) is 4.57 Å². The lowest BCUT2D eigenvalue weighted by molar-refractivity contribution is 0.159. The molecule has 0 radical (unpaired) electrons. The van der Waals surface area contributed by atoms with Gasteiger partial charge < -0.3 is 4.52 Å². The monoisotopic (exact) mass is 348 g/mol. The topological polar surface area (TPSA) is 44.8 Å². The lowest BCUT2D eigenvalue weighted by Crippen LogP contribution is -2.00. The highest BCUT2D eigenvalue weighted by atomic mass is 79.9. The summed E-state index contributed by atoms with van der Waals surface area (Å²) in [6.45, 7) is 5.79. The van der Waals surface area contributed by atoms with Crippen LogP contribution in [0.5, 0.6) is 0 Å². The minimum absolute atomic E-state index is 0.251. The molecule has 0 spiro atoms. The predicted molar refractivity (Wildman–Crippen MR) is 79.9 cm³/mol. The van der Waals surface area contributed by atoms with E-state index in [1.165, 1.54) is 0 Å². The van der Waals surface area contributed by atoms with Gasteiger partial charge in [-0.15, -0.1) is 0 Å². The number of phosphoric ester groups is 1. The highest BCUT2D eigenvalue weighted by Gasteiger charge is 2.29. The average Bonchev–Trinajstić information content (AvgIpc) is 2.37. The summed E-state index contributed by atoms with van der Waals surface area (Å²) in [6, 6.07) is 9.38. The Balaban J connectivity index is 3.03. The van der Waals surface area contributed by atoms with Crippen molar-refractivity contribution in [2.75, 3.05) is 13.2 Å². The first-order valence-corrected chi connectivity index (χ1v) is 8.28. The second-order valence-corrected chi connectivity index (χ2v) is 6.39. The van der Waals surface area contributed by atoms with Crippen LogP contribution in [0.4, 0.5) is 0 Å². The number of hydrogen-bond donors (Lipinski definition) is 0. The molecule has 1 aromatic rings. The maximum absolute atomic E-state index is 12.4. The van der Waals surface area contributed by atoms with Crippen LogP contribution in [-0.4, -0.2) is 13.2 Å². The van der Waals surface area contributed by atoms with Crippen LogP contribution in [0.1, 0.15) is 26.3 Å². The smallest absolute Gasteiger partial charge is 0.403 e. The van der Waals surface area contributed by atoms with E-state index in [1.54, 1.807) is 13.8 Å². The van der Waals surface area contributed by atoms with Gasteiger partial charge in [-0.2, -0.15) is 0 Å². The Morgan fingerprint density at radius 2 is 1.68 bits per heavy atom. The maximum atomic E-state index is 12.4. The summed E-state index contributed by atoms with van der Waals surface area (Å²) in [4.78, 5) is 0. The quantitative estimate of drug-likeness (QED) is 0.515. The Bertz CT molecular complexity index is 459. The zero-order chi connectivity index (χ0) is 14.3. The minimum Gasteiger partial charge on any atom is -0.403 e. The molecule has 0 saturated heterocycles. The summed E-state index contributed by atoms with van der Waals surface area (Å²) < 4.78 is 28.9. The van der Waals surface area contributed by atoms with Gasteiger partial charge in [-0.3, -0.25) is 9.05 Å². The van der Waals surface area contributed by atoms with E-state index < -0.39 is 7.82 Å². The molecule has 1 aromatic carbocycles. The highest BCUT2D eigenvalue weighted by Crippen LogP contribution is 2.53. The SMILES string of the molecule is CCOP(=O)(OCC)O/C(=C(/C)Br)c1ccccc1. The number of rotatable bonds is 7. The van der Waals surface area contributed by atoms with Crippen molar-refractivity contribution in [2.24, 2.45) is 0 Å². The standard InChI is InChI=1S/C13H18BrO4P/c1-4-16-19(15,17-5-2)18-13(11(3)14)12-9-7-6-8-10-12/h6-10H,4-5H2,1-3H3/b13-11-. The van der Waals surface area contributed by atoms with E-state index in [4.69, 9.17) is 13.6 Å². The van der Waals surface area contributed by atoms with Gasteiger partial charge >= 0.3 is 7.82 Å². The zero-order valence-electron chi connectivity index (χ0n) is 11.3. The van der Waals surface area contributed by atoms with Crippen molar-refractivity contribution in [3.05, 3.63) is 40.4 Å². The molecule has 0 aliphatic heterocycles. The summed E-state index contributed by atoms with van der Waals surface area (Å²) in [7, 11) is -3.58. The summed E-state index contributed by atoms with van der Waals surface area (Å²) in [6.07, 6.45) is 0. The summed E-state index contributed by atoms with van der Waals surface area (Å²) in [5.74, 6) is 0.450. The first kappa shape index (κ1) is 16.4. The van der Waals surface area contributed by atoms with E-state index in [-0.39, 0.29) is 13.2 Å². The molecular formula is C13H18BrO4P. The van der Waals surface area contributed by atoms with Crippen LogP contribution in [0, 0.1) is 0 Å². The normalized spacial score (nSPS) is 13.1. The molecule has 0 heterocycles. The molecule has 0 fully saturated rings. The fourth-order valence-electron chi connectivity index (χ4n) is 1.42. The van der Waals surface area contributed by atoms with Crippen LogP contribution in [-0.2, 0) is 18.1 Å². The second-order valence-electron chi connectivity index (χ2n) is 3.60. The van der Waals surface area contributed by atoms with Crippen molar-refractivity contribution in [3.8, 4) is 0 Å². The molecule has 0 unspecified atom stereocenters. The fourth-order valence-corrected chi connectivity index (χ4v) is 3.14. The molecule has 0 saturated carbocycles. The molecule has 0 atom stereocenters. The van der Waals surface area contributed by atoms with E-state index >= 15 is 0 Å². The predicted octanol–water partition coefficient (Wildman–Crippen LogP) is 4.97. The zero-order valence-corrected chi connectivity index (χ0v) is 13.7. The van der Waals surface area contributed by atoms with Crippen molar-refractivity contribution >= 4 is 29.5 Å². The third-order valence-corrected chi connectivity index (χ3v) is 4.04. The number of halogens is 1. The minimum atomic E-state index is -3.58. The molecule has 0 aromatic heterocycles. The largest absolute Gasteiger partial charge is 0.530 e. The Hall–Kier alpha value is -0.610. The summed E-state index contributed by atoms with van der Waals surface area (Å²) in [5.41, 5.74) is 0.802. The van der Waals surface area contributed by atoms with Crippen LogP contribution < -0.4 is 0 Å². The van der Waals surface area contributed by atoms with Gasteiger partial charge in [0.1, 0.15) is 5.76 Å². The third kappa shape index (κ3) is 5.11. The molecular weight excluding hydrogens is 331 g/mol. The van der Waals surface area contributed by atoms with Gasteiger partial charge in [0.05, 0.1) is 13.2 Å². The Kier molecular flexibility index (Phi) is 6.80. The maximum Gasteiger partial charge on any atom is 0.530 e. The van der Waals surface area contributed by atoms with Crippen LogP contribution in [0.3, 0.4) is 0 Å². The van der Waals surface area contributed by atoms with Crippen molar-refractivity contribution < 1.29 is 18.1 Å². The first-order valence-electron chi connectivity index (χ1n) is 6.03. The molecule has 1 rings (SSSR count). The van der Waals surface area contributed by atoms with E-state index in [0.29, 0.717) is 5.76 Å². The number of benzene rings is 1. The molecule has 106 valence electrons. The number of hydrogen-bond acceptors (Lipinski definition) is 4. The first-order chi connectivity index (χ1) is 9.02. The molecule has 4 nitrogen and oxygen atoms in total. The van der Waals surface area contributed by atoms with Crippen molar-refractivity contribution in [2.45, 2.75) is 20.8 Å². The Morgan fingerprint density at radius 1 is 1.16 bits per heavy atom. The van der Waals surface area contributed by atoms with Gasteiger partial charge in [0.2, 0.25) is 0 Å². The van der Waals surface area contributed by atoms with Gasteiger partial charge in [0.25, 0.3) is 0 Å². The van der Waals surface area contributed by atoms with Gasteiger partial charge in [-0.05, 0) is 20.8 Å². The fraction of sp³-hybridized carbons (Fsp3) is 0.385. The highest BCUT2D eigenvalue weighted by molar-refractivity contribution is 9.11. The van der Waals surface area contributed by atoms with Crippen LogP contribution in [0.25, 0.3) is 5.76 Å². The number of allylic oxidation sites excluding steroid dienone is 1. The van der Waals surface area contributed by atoms with Crippen molar-refractivity contribution in [1.29, 1.82) is 0 Å². The average molecular weight is 349 g/mol. The van der Waals surface area contributed by atoms with Crippen LogP contribution in [0.2, 0.25) is 0 Å². The second kappa shape index (κ2) is 7.85. The van der Waals surface area contributed by atoms with Gasteiger partial charge in [-0.1, -0.05) is 46.3 Å². The lowest BCUT2D eigenvalue weighted by atomic mass is 10.2. The molecule has 6 heteroatoms. The van der Waals surface area contributed by atoms with E-state index in [1.807, 2.05) is 37.3 Å². The summed E-state index contributed by atoms with van der Waals surface area (Å²) >= 11 is 3.35. The van der Waals surface area contributed by atoms with E-state index in [2.05, 4.69) is 15.9 Å². The van der Waals surface area contributed by atoms with Crippen molar-refractivity contribution in [3.63, 3.8) is 0 Å². The third-order valence-electron chi connectivity index (χ3n) is 2.13. The molecule has 0 bridgehead atoms. The van der Waals surface area contributed by atoms with Crippen LogP contribution in [0.15, 0.2) is 34.8 Å². The van der Waals surface area contributed by atoms with Crippen LogP contribution >= 0.6 is 23.8 Å². The number of phosphoric acid groups is 1. The van der Waals surface area contributed by atoms with E-state index in [0.717, 1.165) is 10.0 Å². The molecule has 0 amide bonds. The lowest BCUT2D eigenvalue weighted by Gasteiger charge is -2.19. The molecule has 0 N–H and O–H groups in total. The molecule has 0 aliphatic carbocycles. The Labute approximate surface area is 122 Å². The molecule has 19 heavy (non-hydrogen) atoms.